The lowest BCUT2D eigenvalue weighted by Crippen LogP contribution is -2.47. The highest BCUT2D eigenvalue weighted by Gasteiger charge is 2.46. The van der Waals surface area contributed by atoms with Crippen molar-refractivity contribution in [2.75, 3.05) is 19.7 Å². The molecule has 100 valence electrons. The van der Waals surface area contributed by atoms with E-state index in [1.807, 2.05) is 11.8 Å². The second kappa shape index (κ2) is 6.30. The number of carbonyl (C=O) groups is 1. The zero-order chi connectivity index (χ0) is 13.0. The van der Waals surface area contributed by atoms with Crippen molar-refractivity contribution in [3.63, 3.8) is 0 Å². The van der Waals surface area contributed by atoms with E-state index in [4.69, 9.17) is 0 Å². The highest BCUT2D eigenvalue weighted by molar-refractivity contribution is 5.72. The van der Waals surface area contributed by atoms with Crippen molar-refractivity contribution in [3.05, 3.63) is 0 Å². The maximum atomic E-state index is 10.9. The molecule has 1 amide bonds. The zero-order valence-corrected chi connectivity index (χ0v) is 10.3. The maximum absolute atomic E-state index is 10.9. The van der Waals surface area contributed by atoms with Gasteiger partial charge in [0.1, 0.15) is 0 Å². The highest BCUT2D eigenvalue weighted by atomic mass is 16.3. The van der Waals surface area contributed by atoms with Gasteiger partial charge < -0.3 is 20.6 Å². The van der Waals surface area contributed by atoms with Crippen LogP contribution in [0, 0.1) is 0 Å². The van der Waals surface area contributed by atoms with Gasteiger partial charge in [0.25, 0.3) is 0 Å². The number of nitrogens with zero attached hydrogens (tertiary/aromatic N) is 1. The van der Waals surface area contributed by atoms with Gasteiger partial charge in [0, 0.05) is 13.5 Å². The van der Waals surface area contributed by atoms with E-state index in [0.717, 1.165) is 6.42 Å². The molecule has 0 aromatic carbocycles. The third kappa shape index (κ3) is 3.16. The van der Waals surface area contributed by atoms with Crippen LogP contribution in [0.5, 0.6) is 0 Å². The lowest BCUT2D eigenvalue weighted by molar-refractivity contribution is -0.119. The number of hydrogen-bond donors (Lipinski definition) is 4. The smallest absolute Gasteiger partial charge is 0.216 e. The largest absolute Gasteiger partial charge is 0.395 e. The molecule has 0 saturated carbocycles. The van der Waals surface area contributed by atoms with Gasteiger partial charge in [0.05, 0.1) is 30.9 Å². The summed E-state index contributed by atoms with van der Waals surface area (Å²) in [6, 6.07) is -0.797. The van der Waals surface area contributed by atoms with Crippen molar-refractivity contribution in [1.82, 2.24) is 10.2 Å². The normalized spacial score (nSPS) is 33.9. The number of hydrogen-bond acceptors (Lipinski definition) is 5. The van der Waals surface area contributed by atoms with Crippen LogP contribution in [0.25, 0.3) is 0 Å². The Morgan fingerprint density at radius 2 is 1.88 bits per heavy atom. The third-order valence-corrected chi connectivity index (χ3v) is 3.22. The standard InChI is InChI=1S/C11H22N2O4/c1-3-4-13-8(5-12-7(2)15)10(16)11(17)9(13)6-14/h8-11,14,16-17H,3-6H2,1-2H3,(H,12,15)/t8-,9?,10-,11-/m1/s1. The van der Waals surface area contributed by atoms with E-state index in [1.165, 1.54) is 6.92 Å². The number of aliphatic hydroxyl groups excluding tert-OH is 3. The van der Waals surface area contributed by atoms with Gasteiger partial charge in [-0.2, -0.15) is 0 Å². The molecule has 1 rings (SSSR count). The fourth-order valence-electron chi connectivity index (χ4n) is 2.38. The van der Waals surface area contributed by atoms with Crippen LogP contribution in [0.2, 0.25) is 0 Å². The van der Waals surface area contributed by atoms with Gasteiger partial charge in [-0.05, 0) is 13.0 Å². The van der Waals surface area contributed by atoms with Crippen LogP contribution < -0.4 is 5.32 Å². The van der Waals surface area contributed by atoms with Gasteiger partial charge in [-0.15, -0.1) is 0 Å². The monoisotopic (exact) mass is 246 g/mol. The Kier molecular flexibility index (Phi) is 5.32. The molecule has 1 heterocycles. The number of nitrogens with one attached hydrogen (secondary N) is 1. The summed E-state index contributed by atoms with van der Waals surface area (Å²) >= 11 is 0. The van der Waals surface area contributed by atoms with Crippen LogP contribution in [0.15, 0.2) is 0 Å². The first-order valence-corrected chi connectivity index (χ1v) is 6.00. The van der Waals surface area contributed by atoms with E-state index in [9.17, 15) is 20.1 Å². The molecule has 1 aliphatic rings. The van der Waals surface area contributed by atoms with Gasteiger partial charge in [-0.25, -0.2) is 0 Å². The Labute approximate surface area is 101 Å². The van der Waals surface area contributed by atoms with Crippen molar-refractivity contribution in [3.8, 4) is 0 Å². The zero-order valence-electron chi connectivity index (χ0n) is 10.3. The number of amides is 1. The third-order valence-electron chi connectivity index (χ3n) is 3.22. The molecule has 0 aliphatic carbocycles. The Morgan fingerprint density at radius 3 is 2.35 bits per heavy atom. The number of carbonyl (C=O) groups excluding carboxylic acids is 1. The van der Waals surface area contributed by atoms with Crippen molar-refractivity contribution < 1.29 is 20.1 Å². The summed E-state index contributed by atoms with van der Waals surface area (Å²) in [5.74, 6) is -0.171. The van der Waals surface area contributed by atoms with E-state index in [1.54, 1.807) is 0 Å². The Bertz CT molecular complexity index is 262. The van der Waals surface area contributed by atoms with Crippen molar-refractivity contribution >= 4 is 5.91 Å². The predicted molar refractivity (Wildman–Crippen MR) is 62.4 cm³/mol. The first-order valence-electron chi connectivity index (χ1n) is 6.00. The van der Waals surface area contributed by atoms with Gasteiger partial charge in [-0.3, -0.25) is 9.69 Å². The van der Waals surface area contributed by atoms with Crippen molar-refractivity contribution in [1.29, 1.82) is 0 Å². The first kappa shape index (κ1) is 14.4. The van der Waals surface area contributed by atoms with E-state index in [-0.39, 0.29) is 25.1 Å². The van der Waals surface area contributed by atoms with Crippen LogP contribution in [0.4, 0.5) is 0 Å². The topological polar surface area (TPSA) is 93.0 Å². The Balaban J connectivity index is 2.72. The van der Waals surface area contributed by atoms with Crippen LogP contribution in [0.1, 0.15) is 20.3 Å². The molecule has 1 unspecified atom stereocenters. The molecule has 0 bridgehead atoms. The van der Waals surface area contributed by atoms with Gasteiger partial charge in [0.2, 0.25) is 5.91 Å². The summed E-state index contributed by atoms with van der Waals surface area (Å²) < 4.78 is 0. The van der Waals surface area contributed by atoms with Crippen molar-refractivity contribution in [2.45, 2.75) is 44.6 Å². The minimum absolute atomic E-state index is 0.171. The van der Waals surface area contributed by atoms with Crippen LogP contribution in [0.3, 0.4) is 0 Å². The molecule has 1 saturated heterocycles. The van der Waals surface area contributed by atoms with Crippen LogP contribution in [-0.4, -0.2) is 70.1 Å². The minimum Gasteiger partial charge on any atom is -0.395 e. The molecule has 0 aromatic heterocycles. The molecule has 4 atom stereocenters. The summed E-state index contributed by atoms with van der Waals surface area (Å²) in [4.78, 5) is 12.7. The Hall–Kier alpha value is -0.690. The quantitative estimate of drug-likeness (QED) is 0.464. The predicted octanol–water partition coefficient (Wildman–Crippen LogP) is -1.70. The highest BCUT2D eigenvalue weighted by Crippen LogP contribution is 2.25. The summed E-state index contributed by atoms with van der Waals surface area (Å²) in [6.07, 6.45) is -1.05. The second-order valence-electron chi connectivity index (χ2n) is 4.47. The van der Waals surface area contributed by atoms with E-state index < -0.39 is 18.2 Å². The molecule has 17 heavy (non-hydrogen) atoms. The van der Waals surface area contributed by atoms with Crippen LogP contribution >= 0.6 is 0 Å². The summed E-state index contributed by atoms with van der Waals surface area (Å²) in [5.41, 5.74) is 0. The first-order chi connectivity index (χ1) is 8.02. The fourth-order valence-corrected chi connectivity index (χ4v) is 2.38. The molecule has 0 radical (unpaired) electrons. The van der Waals surface area contributed by atoms with Gasteiger partial charge >= 0.3 is 0 Å². The molecular weight excluding hydrogens is 224 g/mol. The second-order valence-corrected chi connectivity index (χ2v) is 4.47. The molecule has 1 fully saturated rings. The minimum atomic E-state index is -0.967. The van der Waals surface area contributed by atoms with E-state index >= 15 is 0 Å². The average Bonchev–Trinajstić information content (AvgIpc) is 2.50. The maximum Gasteiger partial charge on any atom is 0.216 e. The Morgan fingerprint density at radius 1 is 1.29 bits per heavy atom. The summed E-state index contributed by atoms with van der Waals surface area (Å²) in [5, 5.41) is 31.6. The van der Waals surface area contributed by atoms with Crippen LogP contribution in [-0.2, 0) is 4.79 Å². The number of rotatable bonds is 5. The molecule has 6 heteroatoms. The van der Waals surface area contributed by atoms with E-state index in [0.29, 0.717) is 6.54 Å². The number of aliphatic hydroxyl groups is 3. The lowest BCUT2D eigenvalue weighted by atomic mass is 10.1. The van der Waals surface area contributed by atoms with Gasteiger partial charge in [-0.1, -0.05) is 6.92 Å². The molecule has 1 aliphatic heterocycles. The summed E-state index contributed by atoms with van der Waals surface area (Å²) in [7, 11) is 0. The van der Waals surface area contributed by atoms with Gasteiger partial charge in [0.15, 0.2) is 0 Å². The van der Waals surface area contributed by atoms with Crippen molar-refractivity contribution in [2.24, 2.45) is 0 Å². The van der Waals surface area contributed by atoms with E-state index in [2.05, 4.69) is 5.32 Å². The summed E-state index contributed by atoms with van der Waals surface area (Å²) in [6.45, 7) is 4.15. The fraction of sp³-hybridized carbons (Fsp3) is 0.909. The molecular formula is C11H22N2O4. The average molecular weight is 246 g/mol. The molecule has 4 N–H and O–H groups in total. The lowest BCUT2D eigenvalue weighted by Gasteiger charge is -2.29. The SMILES string of the molecule is CCCN1C(CO)[C@@H](O)[C@H](O)[C@H]1CNC(C)=O. The molecule has 6 nitrogen and oxygen atoms in total. The molecule has 0 spiro atoms. The molecule has 0 aromatic rings. The number of likely N-dealkylation sites (tertiary alicyclic amines) is 1.